The van der Waals surface area contributed by atoms with Gasteiger partial charge in [-0.15, -0.1) is 5.10 Å². The number of hydrogen-bond donors (Lipinski definition) is 0. The fraction of sp³-hybridized carbons (Fsp3) is 0.368. The van der Waals surface area contributed by atoms with Gasteiger partial charge < -0.3 is 14.2 Å². The molecule has 0 N–H and O–H groups in total. The van der Waals surface area contributed by atoms with E-state index >= 15 is 0 Å². The van der Waals surface area contributed by atoms with Crippen LogP contribution >= 0.6 is 11.8 Å². The maximum atomic E-state index is 13.5. The predicted molar refractivity (Wildman–Crippen MR) is 111 cm³/mol. The van der Waals surface area contributed by atoms with E-state index in [1.54, 1.807) is 29.6 Å². The Balaban J connectivity index is 1.58. The molecule has 2 aliphatic rings. The second-order valence-electron chi connectivity index (χ2n) is 7.23. The number of pyridine rings is 1. The van der Waals surface area contributed by atoms with Gasteiger partial charge in [0.25, 0.3) is 11.8 Å². The van der Waals surface area contributed by atoms with Crippen molar-refractivity contribution >= 4 is 29.2 Å². The van der Waals surface area contributed by atoms with Crippen LogP contribution < -0.4 is 15.6 Å². The first kappa shape index (κ1) is 18.8. The number of rotatable bonds is 3. The fourth-order valence-corrected chi connectivity index (χ4v) is 4.28. The third kappa shape index (κ3) is 3.05. The van der Waals surface area contributed by atoms with Gasteiger partial charge in [0.05, 0.1) is 17.4 Å². The van der Waals surface area contributed by atoms with E-state index in [4.69, 9.17) is 4.42 Å². The number of carbonyl (C=O) groups excluding carboxylic acids is 1. The van der Waals surface area contributed by atoms with E-state index in [-0.39, 0.29) is 17.8 Å². The van der Waals surface area contributed by atoms with Crippen LogP contribution in [0.25, 0.3) is 11.5 Å². The molecule has 3 aromatic heterocycles. The molecule has 5 heterocycles. The summed E-state index contributed by atoms with van der Waals surface area (Å²) in [6.07, 6.45) is 8.73. The highest BCUT2D eigenvalue weighted by Crippen LogP contribution is 2.34. The van der Waals surface area contributed by atoms with Gasteiger partial charge in [0.1, 0.15) is 11.4 Å². The highest BCUT2D eigenvalue weighted by Gasteiger charge is 2.37. The molecule has 11 heteroatoms. The van der Waals surface area contributed by atoms with Gasteiger partial charge in [-0.1, -0.05) is 11.8 Å². The lowest BCUT2D eigenvalue weighted by atomic mass is 10.2. The highest BCUT2D eigenvalue weighted by molar-refractivity contribution is 7.98. The Hall–Kier alpha value is -3.21. The standard InChI is InChI=1S/C19H19N7O3S/c1-24-19(28)29-16(23-24)11-6-13(8-20-7-11)26-10-12-4-3-5-25(12)15-14(17(26)27)9-21-18(22-15)30-2/h6-9,12H,3-5,10H2,1-2H3. The fourth-order valence-electron chi connectivity index (χ4n) is 3.95. The summed E-state index contributed by atoms with van der Waals surface area (Å²) in [5.74, 6) is 0.131. The monoisotopic (exact) mass is 425 g/mol. The molecule has 5 rings (SSSR count). The van der Waals surface area contributed by atoms with E-state index in [1.165, 1.54) is 18.8 Å². The van der Waals surface area contributed by atoms with Crippen molar-refractivity contribution in [2.75, 3.05) is 29.1 Å². The molecule has 0 aliphatic carbocycles. The van der Waals surface area contributed by atoms with Crippen LogP contribution in [-0.2, 0) is 7.05 Å². The molecule has 10 nitrogen and oxygen atoms in total. The third-order valence-electron chi connectivity index (χ3n) is 5.42. The molecular formula is C19H19N7O3S. The van der Waals surface area contributed by atoms with Gasteiger partial charge >= 0.3 is 5.76 Å². The number of aromatic nitrogens is 5. The van der Waals surface area contributed by atoms with Crippen LogP contribution in [0.1, 0.15) is 23.2 Å². The normalized spacial score (nSPS) is 18.3. The Kier molecular flexibility index (Phi) is 4.54. The van der Waals surface area contributed by atoms with Crippen LogP contribution in [0.4, 0.5) is 11.5 Å². The first-order chi connectivity index (χ1) is 14.5. The zero-order valence-corrected chi connectivity index (χ0v) is 17.3. The molecule has 2 aliphatic heterocycles. The molecule has 0 spiro atoms. The van der Waals surface area contributed by atoms with E-state index in [0.717, 1.165) is 24.1 Å². The molecule has 1 unspecified atom stereocenters. The summed E-state index contributed by atoms with van der Waals surface area (Å²) >= 11 is 1.46. The molecule has 0 radical (unpaired) electrons. The maximum Gasteiger partial charge on any atom is 0.437 e. The topological polar surface area (TPSA) is 110 Å². The summed E-state index contributed by atoms with van der Waals surface area (Å²) in [4.78, 5) is 42.2. The van der Waals surface area contributed by atoms with Gasteiger partial charge in [0.2, 0.25) is 0 Å². The smallest absolute Gasteiger partial charge is 0.388 e. The Morgan fingerprint density at radius 3 is 2.87 bits per heavy atom. The Bertz CT molecular complexity index is 1190. The van der Waals surface area contributed by atoms with Gasteiger partial charge in [0.15, 0.2) is 5.16 Å². The van der Waals surface area contributed by atoms with Crippen LogP contribution in [-0.4, -0.2) is 56.0 Å². The molecular weight excluding hydrogens is 406 g/mol. The van der Waals surface area contributed by atoms with Crippen molar-refractivity contribution in [1.29, 1.82) is 0 Å². The second-order valence-corrected chi connectivity index (χ2v) is 8.00. The molecule has 154 valence electrons. The largest absolute Gasteiger partial charge is 0.437 e. The molecule has 0 bridgehead atoms. The molecule has 30 heavy (non-hydrogen) atoms. The number of thioether (sulfide) groups is 1. The molecule has 0 saturated carbocycles. The number of aryl methyl sites for hydroxylation is 1. The molecule has 1 atom stereocenters. The van der Waals surface area contributed by atoms with Crippen LogP contribution in [0.2, 0.25) is 0 Å². The number of nitrogens with zero attached hydrogens (tertiary/aromatic N) is 7. The van der Waals surface area contributed by atoms with Crippen molar-refractivity contribution in [3.8, 4) is 11.5 Å². The van der Waals surface area contributed by atoms with Crippen molar-refractivity contribution in [3.05, 3.63) is 40.8 Å². The predicted octanol–water partition coefficient (Wildman–Crippen LogP) is 1.58. The minimum atomic E-state index is -0.557. The molecule has 0 aromatic carbocycles. The van der Waals surface area contributed by atoms with Crippen molar-refractivity contribution in [3.63, 3.8) is 0 Å². The van der Waals surface area contributed by atoms with Crippen LogP contribution in [0.3, 0.4) is 0 Å². The van der Waals surface area contributed by atoms with Crippen molar-refractivity contribution in [1.82, 2.24) is 24.7 Å². The zero-order chi connectivity index (χ0) is 20.8. The number of fused-ring (bicyclic) bond motifs is 3. The van der Waals surface area contributed by atoms with Gasteiger partial charge in [0, 0.05) is 38.6 Å². The van der Waals surface area contributed by atoms with Crippen LogP contribution in [0.5, 0.6) is 0 Å². The number of anilines is 2. The zero-order valence-electron chi connectivity index (χ0n) is 16.5. The summed E-state index contributed by atoms with van der Waals surface area (Å²) in [5.41, 5.74) is 1.62. The quantitative estimate of drug-likeness (QED) is 0.456. The Morgan fingerprint density at radius 2 is 2.10 bits per heavy atom. The first-order valence-electron chi connectivity index (χ1n) is 9.54. The van der Waals surface area contributed by atoms with E-state index < -0.39 is 5.76 Å². The third-order valence-corrected chi connectivity index (χ3v) is 5.98. The minimum absolute atomic E-state index is 0.162. The van der Waals surface area contributed by atoms with Gasteiger partial charge in [-0.05, 0) is 25.2 Å². The first-order valence-corrected chi connectivity index (χ1v) is 10.8. The summed E-state index contributed by atoms with van der Waals surface area (Å²) in [7, 11) is 1.51. The highest BCUT2D eigenvalue weighted by atomic mass is 32.2. The lowest BCUT2D eigenvalue weighted by Crippen LogP contribution is -2.39. The van der Waals surface area contributed by atoms with Crippen LogP contribution in [0, 0.1) is 0 Å². The van der Waals surface area contributed by atoms with E-state index in [2.05, 4.69) is 25.0 Å². The van der Waals surface area contributed by atoms with Crippen molar-refractivity contribution in [2.45, 2.75) is 24.0 Å². The minimum Gasteiger partial charge on any atom is -0.388 e. The SMILES string of the molecule is CSc1ncc2c(n1)N1CCCC1CN(c1cncc(-c3nn(C)c(=O)o3)c1)C2=O. The summed E-state index contributed by atoms with van der Waals surface area (Å²) < 4.78 is 6.29. The maximum absolute atomic E-state index is 13.5. The average Bonchev–Trinajstić information content (AvgIpc) is 3.34. The van der Waals surface area contributed by atoms with Gasteiger partial charge in [-0.25, -0.2) is 14.8 Å². The second kappa shape index (κ2) is 7.24. The summed E-state index contributed by atoms with van der Waals surface area (Å²) in [6, 6.07) is 1.92. The van der Waals surface area contributed by atoms with Gasteiger partial charge in [-0.3, -0.25) is 9.78 Å². The number of hydrogen-bond acceptors (Lipinski definition) is 9. The van der Waals surface area contributed by atoms with E-state index in [1.807, 2.05) is 6.26 Å². The lowest BCUT2D eigenvalue weighted by Gasteiger charge is -2.26. The van der Waals surface area contributed by atoms with Crippen molar-refractivity contribution in [2.24, 2.45) is 7.05 Å². The number of amides is 1. The Morgan fingerprint density at radius 1 is 1.23 bits per heavy atom. The lowest BCUT2D eigenvalue weighted by molar-refractivity contribution is 0.0988. The van der Waals surface area contributed by atoms with Gasteiger partial charge in [-0.2, -0.15) is 4.68 Å². The van der Waals surface area contributed by atoms with Crippen LogP contribution in [0.15, 0.2) is 39.0 Å². The molecule has 1 fully saturated rings. The van der Waals surface area contributed by atoms with Crippen molar-refractivity contribution < 1.29 is 9.21 Å². The number of carbonyl (C=O) groups is 1. The molecule has 1 saturated heterocycles. The van der Waals surface area contributed by atoms with E-state index in [9.17, 15) is 9.59 Å². The Labute approximate surface area is 175 Å². The summed E-state index contributed by atoms with van der Waals surface area (Å²) in [6.45, 7) is 1.38. The molecule has 3 aromatic rings. The molecule has 1 amide bonds. The summed E-state index contributed by atoms with van der Waals surface area (Å²) in [5, 5.41) is 4.72. The van der Waals surface area contributed by atoms with E-state index in [0.29, 0.717) is 34.3 Å². The average molecular weight is 425 g/mol.